The zero-order valence-corrected chi connectivity index (χ0v) is 17.7. The van der Waals surface area contributed by atoms with E-state index >= 15 is 0 Å². The van der Waals surface area contributed by atoms with Gasteiger partial charge < -0.3 is 14.2 Å². The average molecular weight is 448 g/mol. The zero-order chi connectivity index (χ0) is 22.9. The summed E-state index contributed by atoms with van der Waals surface area (Å²) < 4.78 is 51.5. The predicted molar refractivity (Wildman–Crippen MR) is 109 cm³/mol. The van der Waals surface area contributed by atoms with Crippen molar-refractivity contribution in [3.63, 3.8) is 0 Å². The number of rotatable bonds is 4. The van der Waals surface area contributed by atoms with Crippen molar-refractivity contribution in [3.8, 4) is 17.1 Å². The molecule has 1 amide bonds. The van der Waals surface area contributed by atoms with Crippen LogP contribution in [0.5, 0.6) is 5.75 Å². The van der Waals surface area contributed by atoms with E-state index in [2.05, 4.69) is 10.3 Å². The Bertz CT molecular complexity index is 1110. The molecule has 10 heteroatoms. The van der Waals surface area contributed by atoms with Gasteiger partial charge in [0.2, 0.25) is 0 Å². The Morgan fingerprint density at radius 3 is 2.69 bits per heavy atom. The molecule has 0 N–H and O–H groups in total. The summed E-state index contributed by atoms with van der Waals surface area (Å²) in [6.07, 6.45) is -1.57. The molecule has 0 radical (unpaired) electrons. The van der Waals surface area contributed by atoms with Gasteiger partial charge in [0.05, 0.1) is 24.4 Å². The first-order chi connectivity index (χ1) is 15.3. The third-order valence-electron chi connectivity index (χ3n) is 5.66. The fraction of sp³-hybridized carbons (Fsp3) is 0.409. The number of ether oxygens (including phenoxy) is 1. The van der Waals surface area contributed by atoms with Gasteiger partial charge in [0.1, 0.15) is 5.75 Å². The molecule has 0 aliphatic carbocycles. The molecular weight excluding hydrogens is 425 g/mol. The fourth-order valence-corrected chi connectivity index (χ4v) is 4.09. The van der Waals surface area contributed by atoms with Crippen LogP contribution < -0.4 is 4.74 Å². The highest BCUT2D eigenvalue weighted by atomic mass is 19.4. The van der Waals surface area contributed by atoms with Crippen LogP contribution in [0, 0.1) is 0 Å². The van der Waals surface area contributed by atoms with E-state index in [4.69, 9.17) is 9.26 Å². The Morgan fingerprint density at radius 1 is 1.19 bits per heavy atom. The summed E-state index contributed by atoms with van der Waals surface area (Å²) in [6, 6.07) is 9.21. The molecule has 170 valence electrons. The molecule has 0 saturated carbocycles. The van der Waals surface area contributed by atoms with E-state index in [1.165, 1.54) is 24.9 Å². The van der Waals surface area contributed by atoms with Crippen LogP contribution in [0.1, 0.15) is 53.6 Å². The lowest BCUT2D eigenvalue weighted by Crippen LogP contribution is -2.35. The Kier molecular flexibility index (Phi) is 5.94. The fourth-order valence-electron chi connectivity index (χ4n) is 4.09. The Hall–Kier alpha value is -3.30. The molecule has 1 atom stereocenters. The molecule has 1 aliphatic rings. The summed E-state index contributed by atoms with van der Waals surface area (Å²) in [6.45, 7) is 0.410. The van der Waals surface area contributed by atoms with Gasteiger partial charge in [-0.2, -0.15) is 18.3 Å². The van der Waals surface area contributed by atoms with Crippen molar-refractivity contribution in [1.82, 2.24) is 19.8 Å². The summed E-state index contributed by atoms with van der Waals surface area (Å²) in [4.78, 5) is 14.9. The van der Waals surface area contributed by atoms with Gasteiger partial charge in [-0.1, -0.05) is 30.1 Å². The van der Waals surface area contributed by atoms with Crippen molar-refractivity contribution in [3.05, 3.63) is 53.5 Å². The molecule has 0 bridgehead atoms. The molecule has 2 aromatic heterocycles. The molecule has 3 heterocycles. The van der Waals surface area contributed by atoms with Gasteiger partial charge in [-0.25, -0.2) is 0 Å². The quantitative estimate of drug-likeness (QED) is 0.570. The van der Waals surface area contributed by atoms with E-state index in [0.717, 1.165) is 25.3 Å². The molecule has 1 aliphatic heterocycles. The number of methoxy groups -OCH3 is 1. The number of amides is 1. The molecule has 1 aromatic carbocycles. The highest BCUT2D eigenvalue weighted by molar-refractivity contribution is 5.93. The highest BCUT2D eigenvalue weighted by Gasteiger charge is 2.38. The minimum absolute atomic E-state index is 0.0935. The maximum Gasteiger partial charge on any atom is 0.435 e. The maximum absolute atomic E-state index is 13.4. The monoisotopic (exact) mass is 448 g/mol. The van der Waals surface area contributed by atoms with Crippen LogP contribution in [0.3, 0.4) is 0 Å². The molecule has 0 spiro atoms. The van der Waals surface area contributed by atoms with E-state index < -0.39 is 23.8 Å². The normalized spacial score (nSPS) is 17.3. The van der Waals surface area contributed by atoms with Crippen LogP contribution in [0.4, 0.5) is 13.2 Å². The number of benzene rings is 1. The number of alkyl halides is 3. The number of aryl methyl sites for hydroxylation is 1. The summed E-state index contributed by atoms with van der Waals surface area (Å²) in [5.41, 5.74) is 0.124. The number of aromatic nitrogens is 3. The molecule has 1 fully saturated rings. The Labute approximate surface area is 182 Å². The van der Waals surface area contributed by atoms with Crippen molar-refractivity contribution >= 4 is 5.91 Å². The van der Waals surface area contributed by atoms with Crippen molar-refractivity contribution in [2.45, 2.75) is 37.9 Å². The number of likely N-dealkylation sites (tertiary alicyclic amines) is 1. The van der Waals surface area contributed by atoms with Gasteiger partial charge in [0.25, 0.3) is 5.91 Å². The van der Waals surface area contributed by atoms with Crippen LogP contribution in [-0.4, -0.2) is 39.4 Å². The molecule has 1 saturated heterocycles. The molecular formula is C22H23F3N4O3. The number of carbonyl (C=O) groups excluding carboxylic acids is 1. The topological polar surface area (TPSA) is 73.4 Å². The van der Waals surface area contributed by atoms with E-state index in [9.17, 15) is 18.0 Å². The lowest BCUT2D eigenvalue weighted by atomic mass is 10.1. The van der Waals surface area contributed by atoms with Crippen molar-refractivity contribution in [1.29, 1.82) is 0 Å². The number of carbonyl (C=O) groups is 1. The van der Waals surface area contributed by atoms with Crippen LogP contribution >= 0.6 is 0 Å². The van der Waals surface area contributed by atoms with Crippen LogP contribution in [-0.2, 0) is 13.2 Å². The van der Waals surface area contributed by atoms with Gasteiger partial charge in [-0.05, 0) is 31.0 Å². The first-order valence-corrected chi connectivity index (χ1v) is 10.3. The van der Waals surface area contributed by atoms with Crippen molar-refractivity contribution in [2.24, 2.45) is 7.05 Å². The largest absolute Gasteiger partial charge is 0.496 e. The van der Waals surface area contributed by atoms with E-state index in [1.54, 1.807) is 17.0 Å². The molecule has 0 unspecified atom stereocenters. The first-order valence-electron chi connectivity index (χ1n) is 10.3. The molecule has 3 aromatic rings. The van der Waals surface area contributed by atoms with Gasteiger partial charge in [-0.15, -0.1) is 0 Å². The SMILES string of the molecule is COc1ccccc1-c1cc(C(=O)N2CCCCC[C@H]2c2cc(C(F)(F)F)nn2C)no1. The third-order valence-corrected chi connectivity index (χ3v) is 5.66. The number of nitrogens with zero attached hydrogens (tertiary/aromatic N) is 4. The van der Waals surface area contributed by atoms with Crippen molar-refractivity contribution in [2.75, 3.05) is 13.7 Å². The average Bonchev–Trinajstić information content (AvgIpc) is 3.34. The van der Waals surface area contributed by atoms with E-state index in [0.29, 0.717) is 35.7 Å². The van der Waals surface area contributed by atoms with Crippen LogP contribution in [0.15, 0.2) is 40.9 Å². The highest BCUT2D eigenvalue weighted by Crippen LogP contribution is 2.36. The summed E-state index contributed by atoms with van der Waals surface area (Å²) in [5.74, 6) is 0.554. The number of hydrogen-bond acceptors (Lipinski definition) is 5. The summed E-state index contributed by atoms with van der Waals surface area (Å²) in [5, 5.41) is 7.57. The minimum atomic E-state index is -4.55. The summed E-state index contributed by atoms with van der Waals surface area (Å²) in [7, 11) is 3.00. The van der Waals surface area contributed by atoms with E-state index in [1.807, 2.05) is 12.1 Å². The number of hydrogen-bond donors (Lipinski definition) is 0. The third kappa shape index (κ3) is 4.21. The van der Waals surface area contributed by atoms with Crippen LogP contribution in [0.25, 0.3) is 11.3 Å². The summed E-state index contributed by atoms with van der Waals surface area (Å²) >= 11 is 0. The number of halogens is 3. The lowest BCUT2D eigenvalue weighted by Gasteiger charge is -2.29. The van der Waals surface area contributed by atoms with Gasteiger partial charge in [0.15, 0.2) is 17.1 Å². The van der Waals surface area contributed by atoms with Gasteiger partial charge in [-0.3, -0.25) is 9.48 Å². The minimum Gasteiger partial charge on any atom is -0.496 e. The van der Waals surface area contributed by atoms with Crippen molar-refractivity contribution < 1.29 is 27.2 Å². The van der Waals surface area contributed by atoms with Crippen LogP contribution in [0.2, 0.25) is 0 Å². The Morgan fingerprint density at radius 2 is 1.97 bits per heavy atom. The van der Waals surface area contributed by atoms with Gasteiger partial charge in [0, 0.05) is 19.7 Å². The predicted octanol–water partition coefficient (Wildman–Crippen LogP) is 4.86. The Balaban J connectivity index is 1.66. The standard InChI is InChI=1S/C22H23F3N4O3/c1-28-17(13-20(26-28)22(23,24)25)16-9-4-3-7-11-29(16)21(30)15-12-19(32-27-15)14-8-5-6-10-18(14)31-2/h5-6,8,10,12-13,16H,3-4,7,9,11H2,1-2H3/t16-/m0/s1. The second-order valence-electron chi connectivity index (χ2n) is 7.72. The smallest absolute Gasteiger partial charge is 0.435 e. The maximum atomic E-state index is 13.4. The molecule has 4 rings (SSSR count). The van der Waals surface area contributed by atoms with E-state index in [-0.39, 0.29) is 5.69 Å². The first kappa shape index (κ1) is 21.9. The molecule has 7 nitrogen and oxygen atoms in total. The molecule has 32 heavy (non-hydrogen) atoms. The second kappa shape index (κ2) is 8.68. The lowest BCUT2D eigenvalue weighted by molar-refractivity contribution is -0.141. The second-order valence-corrected chi connectivity index (χ2v) is 7.72. The number of para-hydroxylation sites is 1. The zero-order valence-electron chi connectivity index (χ0n) is 17.7. The van der Waals surface area contributed by atoms with Gasteiger partial charge >= 0.3 is 6.18 Å².